The summed E-state index contributed by atoms with van der Waals surface area (Å²) in [4.78, 5) is 23.3. The van der Waals surface area contributed by atoms with Gasteiger partial charge in [-0.05, 0) is 12.1 Å². The molecule has 1 aromatic carbocycles. The molecule has 0 bridgehead atoms. The second kappa shape index (κ2) is 5.24. The molecule has 0 fully saturated rings. The number of H-pyrrole nitrogens is 1. The van der Waals surface area contributed by atoms with Crippen molar-refractivity contribution in [3.8, 4) is 0 Å². The first-order valence-corrected chi connectivity index (χ1v) is 6.81. The van der Waals surface area contributed by atoms with Crippen molar-refractivity contribution in [2.45, 2.75) is 5.03 Å². The van der Waals surface area contributed by atoms with Crippen LogP contribution in [0.1, 0.15) is 10.4 Å². The first-order chi connectivity index (χ1) is 9.34. The van der Waals surface area contributed by atoms with Gasteiger partial charge in [0.1, 0.15) is 6.33 Å². The Bertz CT molecular complexity index is 709. The number of carbonyl (C=O) groups is 1. The predicted octanol–water partition coefficient (Wildman–Crippen LogP) is 2.93. The van der Waals surface area contributed by atoms with Gasteiger partial charge in [-0.2, -0.15) is 0 Å². The maximum absolute atomic E-state index is 12.2. The number of aromatic nitrogens is 3. The third-order valence-corrected chi connectivity index (χ3v) is 3.74. The Kier molecular flexibility index (Phi) is 3.29. The molecule has 94 valence electrons. The van der Waals surface area contributed by atoms with Gasteiger partial charge in [0.25, 0.3) is 0 Å². The summed E-state index contributed by atoms with van der Waals surface area (Å²) in [6, 6.07) is 9.60. The number of nitrogens with one attached hydrogen (secondary N) is 1. The van der Waals surface area contributed by atoms with Crippen LogP contribution >= 0.6 is 11.8 Å². The quantitative estimate of drug-likeness (QED) is 0.449. The fourth-order valence-corrected chi connectivity index (χ4v) is 2.60. The Balaban J connectivity index is 1.77. The summed E-state index contributed by atoms with van der Waals surface area (Å²) >= 11 is 1.42. The minimum atomic E-state index is 0.0982. The van der Waals surface area contributed by atoms with Gasteiger partial charge in [0.15, 0.2) is 5.78 Å². The van der Waals surface area contributed by atoms with E-state index in [1.807, 2.05) is 24.3 Å². The minimum absolute atomic E-state index is 0.0982. The summed E-state index contributed by atoms with van der Waals surface area (Å²) in [5, 5.41) is 1.78. The predicted molar refractivity (Wildman–Crippen MR) is 75.4 cm³/mol. The molecule has 3 aromatic rings. The largest absolute Gasteiger partial charge is 0.360 e. The Morgan fingerprint density at radius 3 is 3.00 bits per heavy atom. The van der Waals surface area contributed by atoms with Crippen molar-refractivity contribution in [2.75, 3.05) is 5.75 Å². The monoisotopic (exact) mass is 269 g/mol. The number of para-hydroxylation sites is 1. The van der Waals surface area contributed by atoms with E-state index in [2.05, 4.69) is 15.0 Å². The molecule has 0 saturated carbocycles. The molecule has 1 N–H and O–H groups in total. The molecule has 2 heterocycles. The zero-order chi connectivity index (χ0) is 13.1. The molecule has 0 aliphatic heterocycles. The number of thioether (sulfide) groups is 1. The highest BCUT2D eigenvalue weighted by molar-refractivity contribution is 7.99. The van der Waals surface area contributed by atoms with E-state index in [0.717, 1.165) is 21.5 Å². The van der Waals surface area contributed by atoms with E-state index in [9.17, 15) is 4.79 Å². The molecule has 0 amide bonds. The number of aromatic amines is 1. The summed E-state index contributed by atoms with van der Waals surface area (Å²) in [7, 11) is 0. The number of hydrogen-bond donors (Lipinski definition) is 1. The molecule has 4 nitrogen and oxygen atoms in total. The molecule has 0 saturated heterocycles. The zero-order valence-electron chi connectivity index (χ0n) is 10.0. The van der Waals surface area contributed by atoms with Crippen LogP contribution < -0.4 is 0 Å². The van der Waals surface area contributed by atoms with Crippen molar-refractivity contribution >= 4 is 28.4 Å². The van der Waals surface area contributed by atoms with Gasteiger partial charge in [0.05, 0.1) is 10.8 Å². The molecule has 0 atom stereocenters. The number of carbonyl (C=O) groups excluding carboxylic acids is 1. The first-order valence-electron chi connectivity index (χ1n) is 5.83. The Morgan fingerprint density at radius 1 is 1.26 bits per heavy atom. The van der Waals surface area contributed by atoms with E-state index in [-0.39, 0.29) is 5.78 Å². The van der Waals surface area contributed by atoms with Gasteiger partial charge in [0.2, 0.25) is 0 Å². The van der Waals surface area contributed by atoms with Crippen LogP contribution in [0.5, 0.6) is 0 Å². The third kappa shape index (κ3) is 2.51. The number of hydrogen-bond acceptors (Lipinski definition) is 4. The zero-order valence-corrected chi connectivity index (χ0v) is 10.9. The molecule has 5 heteroatoms. The van der Waals surface area contributed by atoms with Crippen molar-refractivity contribution in [3.63, 3.8) is 0 Å². The fraction of sp³-hybridized carbons (Fsp3) is 0.0714. The fourth-order valence-electron chi connectivity index (χ4n) is 1.88. The van der Waals surface area contributed by atoms with Crippen LogP contribution in [0.15, 0.2) is 54.1 Å². The molecule has 2 aromatic heterocycles. The van der Waals surface area contributed by atoms with E-state index < -0.39 is 0 Å². The number of nitrogens with zero attached hydrogens (tertiary/aromatic N) is 2. The SMILES string of the molecule is O=C(CSc1ccncn1)c1c[nH]c2ccccc12. The van der Waals surface area contributed by atoms with Gasteiger partial charge >= 0.3 is 0 Å². The lowest BCUT2D eigenvalue weighted by Crippen LogP contribution is -2.01. The van der Waals surface area contributed by atoms with Gasteiger partial charge in [-0.25, -0.2) is 9.97 Å². The molecule has 0 spiro atoms. The van der Waals surface area contributed by atoms with Crippen molar-refractivity contribution in [1.29, 1.82) is 0 Å². The summed E-state index contributed by atoms with van der Waals surface area (Å²) < 4.78 is 0. The molecule has 3 rings (SSSR count). The summed E-state index contributed by atoms with van der Waals surface area (Å²) in [5.41, 5.74) is 1.72. The van der Waals surface area contributed by atoms with Crippen LogP contribution in [0.4, 0.5) is 0 Å². The standard InChI is InChI=1S/C14H11N3OS/c18-13(8-19-14-5-6-15-9-17-14)11-7-16-12-4-2-1-3-10(11)12/h1-7,9,16H,8H2. The Morgan fingerprint density at radius 2 is 2.16 bits per heavy atom. The molecular formula is C14H11N3OS. The van der Waals surface area contributed by atoms with Crippen LogP contribution in [-0.2, 0) is 0 Å². The maximum atomic E-state index is 12.2. The molecular weight excluding hydrogens is 258 g/mol. The van der Waals surface area contributed by atoms with Gasteiger partial charge < -0.3 is 4.98 Å². The number of benzene rings is 1. The van der Waals surface area contributed by atoms with Gasteiger partial charge in [-0.15, -0.1) is 0 Å². The van der Waals surface area contributed by atoms with Gasteiger partial charge in [-0.3, -0.25) is 4.79 Å². The number of ketones is 1. The number of fused-ring (bicyclic) bond motifs is 1. The lowest BCUT2D eigenvalue weighted by atomic mass is 10.1. The van der Waals surface area contributed by atoms with Crippen molar-refractivity contribution < 1.29 is 4.79 Å². The van der Waals surface area contributed by atoms with Crippen LogP contribution in [-0.4, -0.2) is 26.5 Å². The van der Waals surface area contributed by atoms with E-state index >= 15 is 0 Å². The van der Waals surface area contributed by atoms with E-state index in [1.54, 1.807) is 18.5 Å². The van der Waals surface area contributed by atoms with Crippen molar-refractivity contribution in [2.24, 2.45) is 0 Å². The third-order valence-electron chi connectivity index (χ3n) is 2.80. The second-order valence-electron chi connectivity index (χ2n) is 4.01. The van der Waals surface area contributed by atoms with Crippen LogP contribution in [0, 0.1) is 0 Å². The summed E-state index contributed by atoms with van der Waals surface area (Å²) in [6.45, 7) is 0. The molecule has 19 heavy (non-hydrogen) atoms. The number of Topliss-reactive ketones (excluding diaryl/α,β-unsaturated/α-hetero) is 1. The van der Waals surface area contributed by atoms with Gasteiger partial charge in [-0.1, -0.05) is 30.0 Å². The van der Waals surface area contributed by atoms with Gasteiger partial charge in [0, 0.05) is 28.9 Å². The van der Waals surface area contributed by atoms with E-state index in [0.29, 0.717) is 5.75 Å². The average molecular weight is 269 g/mol. The summed E-state index contributed by atoms with van der Waals surface area (Å²) in [5.74, 6) is 0.472. The van der Waals surface area contributed by atoms with Crippen molar-refractivity contribution in [1.82, 2.24) is 15.0 Å². The Labute approximate surface area is 114 Å². The number of rotatable bonds is 4. The molecule has 0 radical (unpaired) electrons. The topological polar surface area (TPSA) is 58.6 Å². The highest BCUT2D eigenvalue weighted by Crippen LogP contribution is 2.21. The smallest absolute Gasteiger partial charge is 0.175 e. The van der Waals surface area contributed by atoms with Crippen LogP contribution in [0.25, 0.3) is 10.9 Å². The lowest BCUT2D eigenvalue weighted by molar-refractivity contribution is 0.102. The highest BCUT2D eigenvalue weighted by Gasteiger charge is 2.12. The highest BCUT2D eigenvalue weighted by atomic mass is 32.2. The van der Waals surface area contributed by atoms with Crippen molar-refractivity contribution in [3.05, 3.63) is 54.6 Å². The second-order valence-corrected chi connectivity index (χ2v) is 5.00. The molecule has 0 aliphatic rings. The van der Waals surface area contributed by atoms with E-state index in [4.69, 9.17) is 0 Å². The Hall–Kier alpha value is -2.14. The molecule has 0 aliphatic carbocycles. The normalized spacial score (nSPS) is 10.7. The molecule has 0 unspecified atom stereocenters. The average Bonchev–Trinajstić information content (AvgIpc) is 2.90. The van der Waals surface area contributed by atoms with Crippen LogP contribution in [0.2, 0.25) is 0 Å². The van der Waals surface area contributed by atoms with Crippen LogP contribution in [0.3, 0.4) is 0 Å². The lowest BCUT2D eigenvalue weighted by Gasteiger charge is -1.99. The minimum Gasteiger partial charge on any atom is -0.360 e. The first kappa shape index (κ1) is 11.9. The maximum Gasteiger partial charge on any atom is 0.175 e. The summed E-state index contributed by atoms with van der Waals surface area (Å²) in [6.07, 6.45) is 4.93. The van der Waals surface area contributed by atoms with E-state index in [1.165, 1.54) is 18.1 Å².